The van der Waals surface area contributed by atoms with Gasteiger partial charge in [0.1, 0.15) is 6.26 Å². The molecule has 1 amide bonds. The molecule has 1 aliphatic carbocycles. The van der Waals surface area contributed by atoms with Crippen molar-refractivity contribution in [3.63, 3.8) is 0 Å². The fourth-order valence-electron chi connectivity index (χ4n) is 2.11. The van der Waals surface area contributed by atoms with E-state index in [1.807, 2.05) is 0 Å². The first kappa shape index (κ1) is 11.6. The number of rotatable bonds is 4. The number of aromatic nitrogens is 1. The average molecular weight is 238 g/mol. The number of nitrogens with one attached hydrogen (secondary N) is 1. The highest BCUT2D eigenvalue weighted by Crippen LogP contribution is 2.25. The summed E-state index contributed by atoms with van der Waals surface area (Å²) in [7, 11) is 0. The molecule has 92 valence electrons. The Bertz CT molecular complexity index is 402. The molecular formula is C11H14N2O4. The normalized spacial score (nSPS) is 23.5. The molecule has 1 fully saturated rings. The van der Waals surface area contributed by atoms with Crippen molar-refractivity contribution in [2.24, 2.45) is 5.92 Å². The monoisotopic (exact) mass is 238 g/mol. The zero-order valence-corrected chi connectivity index (χ0v) is 9.26. The lowest BCUT2D eigenvalue weighted by atomic mass is 10.1. The molecule has 2 atom stereocenters. The van der Waals surface area contributed by atoms with Crippen molar-refractivity contribution in [2.75, 3.05) is 0 Å². The standard InChI is InChI=1S/C11H14N2O4/c14-10(6-9-3-4-17-13-9)12-8-2-1-7(5-8)11(15)16/h3-4,7-8H,1-2,5-6H2,(H,12,14)(H,15,16)/t7-,8+/m0/s1. The van der Waals surface area contributed by atoms with Crippen LogP contribution in [0.25, 0.3) is 0 Å². The molecule has 1 heterocycles. The summed E-state index contributed by atoms with van der Waals surface area (Å²) in [6.07, 6.45) is 3.45. The Morgan fingerprint density at radius 1 is 1.53 bits per heavy atom. The van der Waals surface area contributed by atoms with Gasteiger partial charge in [0.15, 0.2) is 0 Å². The van der Waals surface area contributed by atoms with Crippen LogP contribution in [0, 0.1) is 5.92 Å². The topological polar surface area (TPSA) is 92.4 Å². The molecule has 0 aromatic carbocycles. The number of hydrogen-bond donors (Lipinski definition) is 2. The lowest BCUT2D eigenvalue weighted by molar-refractivity contribution is -0.141. The summed E-state index contributed by atoms with van der Waals surface area (Å²) in [5, 5.41) is 15.3. The Kier molecular flexibility index (Phi) is 3.41. The maximum atomic E-state index is 11.6. The van der Waals surface area contributed by atoms with Crippen molar-refractivity contribution in [3.05, 3.63) is 18.0 Å². The highest BCUT2D eigenvalue weighted by atomic mass is 16.5. The summed E-state index contributed by atoms with van der Waals surface area (Å²) in [6, 6.07) is 1.60. The largest absolute Gasteiger partial charge is 0.481 e. The van der Waals surface area contributed by atoms with Crippen LogP contribution >= 0.6 is 0 Å². The minimum atomic E-state index is -0.779. The number of carbonyl (C=O) groups is 2. The maximum Gasteiger partial charge on any atom is 0.306 e. The van der Waals surface area contributed by atoms with Crippen LogP contribution in [-0.4, -0.2) is 28.2 Å². The smallest absolute Gasteiger partial charge is 0.306 e. The molecule has 1 aromatic heterocycles. The van der Waals surface area contributed by atoms with Crippen molar-refractivity contribution in [2.45, 2.75) is 31.7 Å². The predicted octanol–water partition coefficient (Wildman–Crippen LogP) is 0.587. The van der Waals surface area contributed by atoms with Crippen LogP contribution in [0.4, 0.5) is 0 Å². The van der Waals surface area contributed by atoms with Crippen molar-refractivity contribution < 1.29 is 19.2 Å². The molecule has 17 heavy (non-hydrogen) atoms. The minimum Gasteiger partial charge on any atom is -0.481 e. The number of nitrogens with zero attached hydrogens (tertiary/aromatic N) is 1. The van der Waals surface area contributed by atoms with E-state index >= 15 is 0 Å². The van der Waals surface area contributed by atoms with E-state index in [9.17, 15) is 9.59 Å². The van der Waals surface area contributed by atoms with E-state index in [4.69, 9.17) is 5.11 Å². The fraction of sp³-hybridized carbons (Fsp3) is 0.545. The van der Waals surface area contributed by atoms with Crippen LogP contribution in [0.2, 0.25) is 0 Å². The van der Waals surface area contributed by atoms with Crippen molar-refractivity contribution >= 4 is 11.9 Å². The second-order valence-corrected chi connectivity index (χ2v) is 4.28. The van der Waals surface area contributed by atoms with Crippen LogP contribution in [0.3, 0.4) is 0 Å². The lowest BCUT2D eigenvalue weighted by Crippen LogP contribution is -2.34. The Balaban J connectivity index is 1.78. The first-order valence-electron chi connectivity index (χ1n) is 5.56. The minimum absolute atomic E-state index is 0.0319. The van der Waals surface area contributed by atoms with Gasteiger partial charge in [-0.25, -0.2) is 0 Å². The number of aliphatic carboxylic acids is 1. The van der Waals surface area contributed by atoms with E-state index in [2.05, 4.69) is 15.0 Å². The summed E-state index contributed by atoms with van der Waals surface area (Å²) in [5.74, 6) is -1.25. The van der Waals surface area contributed by atoms with Gasteiger partial charge < -0.3 is 14.9 Å². The number of hydrogen-bond acceptors (Lipinski definition) is 4. The third-order valence-corrected chi connectivity index (χ3v) is 2.98. The van der Waals surface area contributed by atoms with Gasteiger partial charge in [0.2, 0.25) is 5.91 Å². The second kappa shape index (κ2) is 4.99. The van der Waals surface area contributed by atoms with E-state index in [-0.39, 0.29) is 24.3 Å². The van der Waals surface area contributed by atoms with Crippen molar-refractivity contribution in [1.82, 2.24) is 10.5 Å². The molecule has 6 heteroatoms. The highest BCUT2D eigenvalue weighted by molar-refractivity contribution is 5.78. The molecule has 1 aliphatic rings. The SMILES string of the molecule is O=C(Cc1ccon1)N[C@@H]1CC[C@H](C(=O)O)C1. The molecule has 6 nitrogen and oxygen atoms in total. The quantitative estimate of drug-likeness (QED) is 0.800. The molecule has 0 aliphatic heterocycles. The Hall–Kier alpha value is -1.85. The Morgan fingerprint density at radius 2 is 2.35 bits per heavy atom. The number of carboxylic acid groups (broad SMARTS) is 1. The average Bonchev–Trinajstić information content (AvgIpc) is 2.88. The zero-order chi connectivity index (χ0) is 12.3. The van der Waals surface area contributed by atoms with Crippen LogP contribution < -0.4 is 5.32 Å². The van der Waals surface area contributed by atoms with Gasteiger partial charge in [0, 0.05) is 12.1 Å². The van der Waals surface area contributed by atoms with Crippen molar-refractivity contribution in [3.8, 4) is 0 Å². The summed E-state index contributed by atoms with van der Waals surface area (Å²) in [5.41, 5.74) is 0.579. The summed E-state index contributed by atoms with van der Waals surface area (Å²) < 4.78 is 4.63. The fourth-order valence-corrected chi connectivity index (χ4v) is 2.11. The van der Waals surface area contributed by atoms with Crippen molar-refractivity contribution in [1.29, 1.82) is 0 Å². The highest BCUT2D eigenvalue weighted by Gasteiger charge is 2.30. The van der Waals surface area contributed by atoms with E-state index < -0.39 is 5.97 Å². The molecule has 0 spiro atoms. The zero-order valence-electron chi connectivity index (χ0n) is 9.26. The van der Waals surface area contributed by atoms with Gasteiger partial charge in [-0.05, 0) is 19.3 Å². The number of carboxylic acids is 1. The van der Waals surface area contributed by atoms with Gasteiger partial charge >= 0.3 is 5.97 Å². The summed E-state index contributed by atoms with van der Waals surface area (Å²) >= 11 is 0. The molecule has 2 N–H and O–H groups in total. The molecular weight excluding hydrogens is 224 g/mol. The van der Waals surface area contributed by atoms with E-state index in [0.29, 0.717) is 18.5 Å². The third-order valence-electron chi connectivity index (χ3n) is 2.98. The van der Waals surface area contributed by atoms with Crippen LogP contribution in [0.1, 0.15) is 25.0 Å². The molecule has 1 saturated carbocycles. The van der Waals surface area contributed by atoms with Gasteiger partial charge in [-0.3, -0.25) is 9.59 Å². The summed E-state index contributed by atoms with van der Waals surface area (Å²) in [4.78, 5) is 22.4. The van der Waals surface area contributed by atoms with Gasteiger partial charge in [0.25, 0.3) is 0 Å². The van der Waals surface area contributed by atoms with E-state index in [0.717, 1.165) is 6.42 Å². The first-order chi connectivity index (χ1) is 8.15. The second-order valence-electron chi connectivity index (χ2n) is 4.28. The van der Waals surface area contributed by atoms with E-state index in [1.165, 1.54) is 6.26 Å². The van der Waals surface area contributed by atoms with Crippen LogP contribution in [0.15, 0.2) is 16.9 Å². The number of carbonyl (C=O) groups excluding carboxylic acids is 1. The van der Waals surface area contributed by atoms with E-state index in [1.54, 1.807) is 6.07 Å². The molecule has 1 aromatic rings. The van der Waals surface area contributed by atoms with Gasteiger partial charge in [-0.15, -0.1) is 0 Å². The van der Waals surface area contributed by atoms with Gasteiger partial charge in [0.05, 0.1) is 18.0 Å². The first-order valence-corrected chi connectivity index (χ1v) is 5.56. The molecule has 0 bridgehead atoms. The summed E-state index contributed by atoms with van der Waals surface area (Å²) in [6.45, 7) is 0. The molecule has 0 saturated heterocycles. The Morgan fingerprint density at radius 3 is 2.94 bits per heavy atom. The maximum absolute atomic E-state index is 11.6. The lowest BCUT2D eigenvalue weighted by Gasteiger charge is -2.11. The van der Waals surface area contributed by atoms with Gasteiger partial charge in [-0.1, -0.05) is 5.16 Å². The Labute approximate surface area is 98.0 Å². The molecule has 0 radical (unpaired) electrons. The van der Waals surface area contributed by atoms with Gasteiger partial charge in [-0.2, -0.15) is 0 Å². The predicted molar refractivity (Wildman–Crippen MR) is 57.1 cm³/mol. The van der Waals surface area contributed by atoms with Crippen LogP contribution in [-0.2, 0) is 16.0 Å². The van der Waals surface area contributed by atoms with Crippen LogP contribution in [0.5, 0.6) is 0 Å². The number of amides is 1. The molecule has 0 unspecified atom stereocenters. The third kappa shape index (κ3) is 3.05. The molecule has 2 rings (SSSR count).